The summed E-state index contributed by atoms with van der Waals surface area (Å²) in [6, 6.07) is 6.11. The van der Waals surface area contributed by atoms with Crippen molar-refractivity contribution < 1.29 is 23.1 Å². The third kappa shape index (κ3) is 8.89. The highest BCUT2D eigenvalue weighted by atomic mass is 28.4. The summed E-state index contributed by atoms with van der Waals surface area (Å²) in [5.74, 6) is 1.36. The van der Waals surface area contributed by atoms with Crippen LogP contribution in [0.2, 0.25) is 33.2 Å². The van der Waals surface area contributed by atoms with Crippen LogP contribution in [0.1, 0.15) is 115 Å². The van der Waals surface area contributed by atoms with Gasteiger partial charge in [0.25, 0.3) is 0 Å². The normalized spacial score (nSPS) is 14.4. The molecule has 1 rings (SSSR count). The van der Waals surface area contributed by atoms with Gasteiger partial charge < -0.3 is 23.2 Å². The fourth-order valence-corrected chi connectivity index (χ4v) is 19.1. The Hall–Kier alpha value is -1.36. The summed E-state index contributed by atoms with van der Waals surface area (Å²) in [6.45, 7) is 33.8. The highest BCUT2D eigenvalue weighted by Crippen LogP contribution is 2.49. The van der Waals surface area contributed by atoms with Crippen LogP contribution in [0.15, 0.2) is 18.2 Å². The van der Waals surface area contributed by atoms with Gasteiger partial charge in [-0.1, -0.05) is 89.2 Å². The highest BCUT2D eigenvalue weighted by molar-refractivity contribution is 6.78. The summed E-state index contributed by atoms with van der Waals surface area (Å²) in [7, 11) is -1.23. The summed E-state index contributed by atoms with van der Waals surface area (Å²) in [5, 5.41) is 0. The number of methoxy groups -OCH3 is 2. The van der Waals surface area contributed by atoms with E-state index in [2.05, 4.69) is 109 Å². The van der Waals surface area contributed by atoms with Gasteiger partial charge in [-0.25, -0.2) is 0 Å². The van der Waals surface area contributed by atoms with E-state index < -0.39 is 16.6 Å². The number of amides is 1. The van der Waals surface area contributed by atoms with Gasteiger partial charge in [0, 0.05) is 32.0 Å². The van der Waals surface area contributed by atoms with E-state index in [1.54, 1.807) is 14.2 Å². The average Bonchev–Trinajstić information content (AvgIpc) is 2.92. The van der Waals surface area contributed by atoms with Crippen molar-refractivity contribution in [3.05, 3.63) is 23.8 Å². The lowest BCUT2D eigenvalue weighted by atomic mass is 9.92. The van der Waals surface area contributed by atoms with E-state index in [9.17, 15) is 4.79 Å². The predicted octanol–water partition coefficient (Wildman–Crippen LogP) is 10.0. The molecular weight excluding hydrogens is 571 g/mol. The Kier molecular flexibility index (Phi) is 16.0. The lowest BCUT2D eigenvalue weighted by molar-refractivity contribution is -0.133. The first-order valence-electron chi connectivity index (χ1n) is 16.8. The van der Waals surface area contributed by atoms with Gasteiger partial charge in [0.2, 0.25) is 14.2 Å². The van der Waals surface area contributed by atoms with Crippen molar-refractivity contribution in [1.29, 1.82) is 0 Å². The number of ether oxygens (including phenoxy) is 2. The van der Waals surface area contributed by atoms with Gasteiger partial charge in [0.15, 0.2) is 19.8 Å². The fourth-order valence-electron chi connectivity index (χ4n) is 8.03. The second-order valence-corrected chi connectivity index (χ2v) is 25.0. The molecule has 0 saturated carbocycles. The molecule has 0 spiro atoms. The molecular formula is C35H67NO5Si2. The van der Waals surface area contributed by atoms with Crippen molar-refractivity contribution in [2.75, 3.05) is 33.9 Å². The molecule has 0 unspecified atom stereocenters. The molecule has 43 heavy (non-hydrogen) atoms. The average molecular weight is 638 g/mol. The largest absolute Gasteiger partial charge is 0.493 e. The minimum absolute atomic E-state index is 0.155. The van der Waals surface area contributed by atoms with Gasteiger partial charge in [0.1, 0.15) is 0 Å². The highest BCUT2D eigenvalue weighted by Gasteiger charge is 2.50. The van der Waals surface area contributed by atoms with Crippen molar-refractivity contribution in [2.24, 2.45) is 5.92 Å². The molecule has 0 saturated heterocycles. The zero-order chi connectivity index (χ0) is 33.3. The van der Waals surface area contributed by atoms with Gasteiger partial charge in [-0.2, -0.15) is 0 Å². The molecule has 0 aliphatic heterocycles. The molecule has 0 aromatic heterocycles. The van der Waals surface area contributed by atoms with E-state index in [1.165, 1.54) is 0 Å². The molecule has 0 fully saturated rings. The zero-order valence-electron chi connectivity index (χ0n) is 30.7. The van der Waals surface area contributed by atoms with Crippen LogP contribution in [0.25, 0.3) is 0 Å². The molecule has 6 nitrogen and oxygen atoms in total. The molecule has 0 radical (unpaired) electrons. The predicted molar refractivity (Wildman–Crippen MR) is 187 cm³/mol. The quantitative estimate of drug-likeness (QED) is 0.141. The molecule has 1 amide bonds. The number of nitrogens with zero attached hydrogens (tertiary/aromatic N) is 1. The maximum atomic E-state index is 13.9. The Morgan fingerprint density at radius 3 is 1.51 bits per heavy atom. The van der Waals surface area contributed by atoms with Crippen LogP contribution in [-0.2, 0) is 13.6 Å². The minimum atomic E-state index is -2.36. The maximum Gasteiger partial charge on any atom is 0.223 e. The smallest absolute Gasteiger partial charge is 0.223 e. The van der Waals surface area contributed by atoms with Crippen LogP contribution in [0, 0.1) is 5.92 Å². The third-order valence-corrected chi connectivity index (χ3v) is 22.2. The third-order valence-electron chi connectivity index (χ3n) is 10.0. The number of rotatable bonds is 19. The Labute approximate surface area is 267 Å². The number of hydrogen-bond acceptors (Lipinski definition) is 5. The Bertz CT molecular complexity index is 931. The van der Waals surface area contributed by atoms with Crippen LogP contribution in [-0.4, -0.2) is 61.4 Å². The zero-order valence-corrected chi connectivity index (χ0v) is 32.7. The van der Waals surface area contributed by atoms with Crippen molar-refractivity contribution in [2.45, 2.75) is 143 Å². The van der Waals surface area contributed by atoms with Gasteiger partial charge in [0.05, 0.1) is 20.3 Å². The number of benzene rings is 1. The molecule has 250 valence electrons. The Morgan fingerprint density at radius 1 is 0.698 bits per heavy atom. The summed E-state index contributed by atoms with van der Waals surface area (Å²) < 4.78 is 26.3. The molecule has 1 aromatic rings. The van der Waals surface area contributed by atoms with Gasteiger partial charge in [-0.3, -0.25) is 4.79 Å². The number of carbonyl (C=O) groups is 1. The van der Waals surface area contributed by atoms with Crippen LogP contribution in [0.5, 0.6) is 11.5 Å². The lowest BCUT2D eigenvalue weighted by Gasteiger charge is -2.47. The summed E-state index contributed by atoms with van der Waals surface area (Å²) in [4.78, 5) is 15.8. The standard InChI is InChI=1S/C35H67NO5Si2/c1-17-36(18-2)34(37)22-31(23-40-42(24(3)4,25(5)6)26(7)8)35(30-19-20-32(38-15)33(21-30)39-16)41-43(27(9)10,28(11)12)29(13)14/h19-21,24-29,31,35H,17-18,22-23H2,1-16H3/t31-,35+/m1/s1. The van der Waals surface area contributed by atoms with E-state index in [0.29, 0.717) is 70.9 Å². The first kappa shape index (κ1) is 39.7. The van der Waals surface area contributed by atoms with Crippen LogP contribution < -0.4 is 9.47 Å². The molecule has 1 aromatic carbocycles. The minimum Gasteiger partial charge on any atom is -0.493 e. The van der Waals surface area contributed by atoms with E-state index in [0.717, 1.165) is 5.56 Å². The summed E-state index contributed by atoms with van der Waals surface area (Å²) in [5.41, 5.74) is 3.54. The van der Waals surface area contributed by atoms with Gasteiger partial charge in [-0.15, -0.1) is 0 Å². The van der Waals surface area contributed by atoms with Gasteiger partial charge >= 0.3 is 0 Å². The van der Waals surface area contributed by atoms with E-state index >= 15 is 0 Å². The SMILES string of the molecule is CCN(CC)C(=O)C[C@H](CO[Si](C(C)C)(C(C)C)C(C)C)[C@@H](O[Si](C(C)C)(C(C)C)C(C)C)c1ccc(OC)c(OC)c1. The van der Waals surface area contributed by atoms with Crippen molar-refractivity contribution in [3.8, 4) is 11.5 Å². The molecule has 0 aliphatic rings. The fraction of sp³-hybridized carbons (Fsp3) is 0.800. The van der Waals surface area contributed by atoms with E-state index in [1.807, 2.05) is 11.0 Å². The summed E-state index contributed by atoms with van der Waals surface area (Å²) >= 11 is 0. The number of carbonyl (C=O) groups excluding carboxylic acids is 1. The first-order valence-corrected chi connectivity index (χ1v) is 21.1. The Morgan fingerprint density at radius 2 is 1.14 bits per heavy atom. The van der Waals surface area contributed by atoms with Crippen LogP contribution in [0.3, 0.4) is 0 Å². The number of hydrogen-bond donors (Lipinski definition) is 0. The van der Waals surface area contributed by atoms with Crippen molar-refractivity contribution in [1.82, 2.24) is 4.90 Å². The maximum absolute atomic E-state index is 13.9. The Balaban J connectivity index is 3.99. The van der Waals surface area contributed by atoms with E-state index in [-0.39, 0.29) is 17.9 Å². The molecule has 0 N–H and O–H groups in total. The second kappa shape index (κ2) is 17.4. The first-order chi connectivity index (χ1) is 20.0. The lowest BCUT2D eigenvalue weighted by Crippen LogP contribution is -2.51. The van der Waals surface area contributed by atoms with Gasteiger partial charge in [-0.05, 0) is 64.8 Å². The van der Waals surface area contributed by atoms with Crippen LogP contribution in [0.4, 0.5) is 0 Å². The summed E-state index contributed by atoms with van der Waals surface area (Å²) in [6.07, 6.45) is 0.0504. The van der Waals surface area contributed by atoms with E-state index in [4.69, 9.17) is 18.3 Å². The molecule has 2 atom stereocenters. The monoisotopic (exact) mass is 637 g/mol. The van der Waals surface area contributed by atoms with Crippen molar-refractivity contribution in [3.63, 3.8) is 0 Å². The topological polar surface area (TPSA) is 57.2 Å². The van der Waals surface area contributed by atoms with Crippen LogP contribution >= 0.6 is 0 Å². The molecule has 0 aliphatic carbocycles. The molecule has 0 bridgehead atoms. The second-order valence-electron chi connectivity index (χ2n) is 14.1. The molecule has 8 heteroatoms. The molecule has 0 heterocycles. The van der Waals surface area contributed by atoms with Crippen molar-refractivity contribution >= 4 is 22.5 Å².